The van der Waals surface area contributed by atoms with Crippen molar-refractivity contribution in [3.8, 4) is 17.5 Å². The van der Waals surface area contributed by atoms with E-state index >= 15 is 0 Å². The molecule has 1 aliphatic carbocycles. The standard InChI is InChI=1S/C23H21N5OS3/c1-2-28-21(17-12-30-18-9-5-3-8-15(17)18)26-27-23(28)31-13-20(29)25-22-16(11-24)14-7-4-6-10-19(14)32-22/h3,5,8-9,12H,2,4,6-7,10,13H2,1H3,(H,25,29). The van der Waals surface area contributed by atoms with Gasteiger partial charge in [0.15, 0.2) is 11.0 Å². The van der Waals surface area contributed by atoms with Gasteiger partial charge in [-0.3, -0.25) is 4.79 Å². The average molecular weight is 480 g/mol. The summed E-state index contributed by atoms with van der Waals surface area (Å²) < 4.78 is 3.27. The summed E-state index contributed by atoms with van der Waals surface area (Å²) in [7, 11) is 0. The fourth-order valence-corrected chi connectivity index (χ4v) is 7.09. The average Bonchev–Trinajstić information content (AvgIpc) is 3.51. The minimum Gasteiger partial charge on any atom is -0.316 e. The van der Waals surface area contributed by atoms with Crippen LogP contribution in [0.25, 0.3) is 21.5 Å². The van der Waals surface area contributed by atoms with E-state index in [0.717, 1.165) is 47.8 Å². The summed E-state index contributed by atoms with van der Waals surface area (Å²) >= 11 is 4.62. The molecule has 1 amide bonds. The lowest BCUT2D eigenvalue weighted by molar-refractivity contribution is -0.113. The molecule has 9 heteroatoms. The Morgan fingerprint density at radius 3 is 2.97 bits per heavy atom. The highest BCUT2D eigenvalue weighted by Gasteiger charge is 2.22. The lowest BCUT2D eigenvalue weighted by Crippen LogP contribution is -2.14. The van der Waals surface area contributed by atoms with E-state index in [0.29, 0.717) is 17.1 Å². The number of nitrogens with one attached hydrogen (secondary N) is 1. The van der Waals surface area contributed by atoms with Crippen LogP contribution < -0.4 is 5.32 Å². The van der Waals surface area contributed by atoms with Gasteiger partial charge in [-0.2, -0.15) is 5.26 Å². The number of carbonyl (C=O) groups is 1. The molecule has 162 valence electrons. The third kappa shape index (κ3) is 3.83. The summed E-state index contributed by atoms with van der Waals surface area (Å²) in [5, 5.41) is 26.1. The molecule has 0 fully saturated rings. The summed E-state index contributed by atoms with van der Waals surface area (Å²) in [6.45, 7) is 2.77. The van der Waals surface area contributed by atoms with Gasteiger partial charge in [-0.05, 0) is 44.2 Å². The number of benzene rings is 1. The Kier molecular flexibility index (Phi) is 6.00. The summed E-state index contributed by atoms with van der Waals surface area (Å²) in [6.07, 6.45) is 4.18. The molecule has 5 rings (SSSR count). The molecule has 0 unspecified atom stereocenters. The molecule has 1 N–H and O–H groups in total. The minimum atomic E-state index is -0.127. The zero-order chi connectivity index (χ0) is 22.1. The van der Waals surface area contributed by atoms with Gasteiger partial charge in [-0.25, -0.2) is 0 Å². The van der Waals surface area contributed by atoms with E-state index in [2.05, 4.69) is 50.6 Å². The van der Waals surface area contributed by atoms with Gasteiger partial charge in [0.05, 0.1) is 11.3 Å². The number of nitrogens with zero attached hydrogens (tertiary/aromatic N) is 4. The fourth-order valence-electron chi connectivity index (χ4n) is 4.10. The van der Waals surface area contributed by atoms with E-state index in [1.807, 2.05) is 12.1 Å². The summed E-state index contributed by atoms with van der Waals surface area (Å²) in [5.74, 6) is 0.916. The predicted octanol–water partition coefficient (Wildman–Crippen LogP) is 5.72. The van der Waals surface area contributed by atoms with Crippen LogP contribution in [0.2, 0.25) is 0 Å². The van der Waals surface area contributed by atoms with Crippen LogP contribution in [0.15, 0.2) is 34.8 Å². The van der Waals surface area contributed by atoms with E-state index < -0.39 is 0 Å². The van der Waals surface area contributed by atoms with Gasteiger partial charge >= 0.3 is 0 Å². The van der Waals surface area contributed by atoms with Crippen LogP contribution in [-0.4, -0.2) is 26.4 Å². The fraction of sp³-hybridized carbons (Fsp3) is 0.304. The maximum atomic E-state index is 12.7. The number of hydrogen-bond donors (Lipinski definition) is 1. The first-order chi connectivity index (χ1) is 15.7. The molecule has 3 heterocycles. The normalized spacial score (nSPS) is 13.1. The maximum absolute atomic E-state index is 12.7. The van der Waals surface area contributed by atoms with Crippen molar-refractivity contribution in [3.05, 3.63) is 45.6 Å². The van der Waals surface area contributed by atoms with Crippen LogP contribution in [-0.2, 0) is 24.2 Å². The van der Waals surface area contributed by atoms with Crippen molar-refractivity contribution >= 4 is 55.4 Å². The molecule has 32 heavy (non-hydrogen) atoms. The van der Waals surface area contributed by atoms with Crippen LogP contribution in [0.5, 0.6) is 0 Å². The third-order valence-corrected chi connectivity index (χ3v) is 8.76. The van der Waals surface area contributed by atoms with Crippen molar-refractivity contribution < 1.29 is 4.79 Å². The summed E-state index contributed by atoms with van der Waals surface area (Å²) in [4.78, 5) is 13.9. The molecule has 0 saturated heterocycles. The molecule has 1 aliphatic rings. The number of aromatic nitrogens is 3. The number of fused-ring (bicyclic) bond motifs is 2. The number of hydrogen-bond acceptors (Lipinski definition) is 7. The van der Waals surface area contributed by atoms with E-state index in [1.54, 1.807) is 22.7 Å². The van der Waals surface area contributed by atoms with Crippen molar-refractivity contribution in [2.24, 2.45) is 0 Å². The van der Waals surface area contributed by atoms with Crippen LogP contribution in [0.1, 0.15) is 35.8 Å². The molecule has 4 aromatic rings. The van der Waals surface area contributed by atoms with Gasteiger partial charge in [0, 0.05) is 32.5 Å². The summed E-state index contributed by atoms with van der Waals surface area (Å²) in [6, 6.07) is 10.6. The van der Waals surface area contributed by atoms with Gasteiger partial charge in [-0.15, -0.1) is 32.9 Å². The Hall–Kier alpha value is -2.67. The zero-order valence-electron chi connectivity index (χ0n) is 17.6. The highest BCUT2D eigenvalue weighted by atomic mass is 32.2. The number of thioether (sulfide) groups is 1. The zero-order valence-corrected chi connectivity index (χ0v) is 20.0. The lowest BCUT2D eigenvalue weighted by atomic mass is 9.96. The van der Waals surface area contributed by atoms with Crippen molar-refractivity contribution in [2.45, 2.75) is 44.3 Å². The number of carbonyl (C=O) groups excluding carboxylic acids is 1. The SMILES string of the molecule is CCn1c(SCC(=O)Nc2sc3c(c2C#N)CCCC3)nnc1-c1csc2ccccc12. The Morgan fingerprint density at radius 2 is 2.12 bits per heavy atom. The highest BCUT2D eigenvalue weighted by Crippen LogP contribution is 2.38. The Morgan fingerprint density at radius 1 is 1.28 bits per heavy atom. The highest BCUT2D eigenvalue weighted by molar-refractivity contribution is 7.99. The van der Waals surface area contributed by atoms with Crippen molar-refractivity contribution in [2.75, 3.05) is 11.1 Å². The lowest BCUT2D eigenvalue weighted by Gasteiger charge is -2.09. The number of rotatable bonds is 6. The smallest absolute Gasteiger partial charge is 0.235 e. The van der Waals surface area contributed by atoms with Gasteiger partial charge in [0.25, 0.3) is 0 Å². The third-order valence-electron chi connectivity index (χ3n) is 5.62. The monoisotopic (exact) mass is 479 g/mol. The van der Waals surface area contributed by atoms with E-state index in [4.69, 9.17) is 0 Å². The second-order valence-electron chi connectivity index (χ2n) is 7.56. The number of aryl methyl sites for hydroxylation is 1. The minimum absolute atomic E-state index is 0.127. The molecule has 0 spiro atoms. The molecule has 3 aromatic heterocycles. The van der Waals surface area contributed by atoms with Crippen LogP contribution >= 0.6 is 34.4 Å². The molecule has 1 aromatic carbocycles. The van der Waals surface area contributed by atoms with E-state index in [1.165, 1.54) is 26.7 Å². The Balaban J connectivity index is 1.32. The quantitative estimate of drug-likeness (QED) is 0.358. The van der Waals surface area contributed by atoms with Crippen LogP contribution in [0.3, 0.4) is 0 Å². The van der Waals surface area contributed by atoms with Crippen molar-refractivity contribution in [1.29, 1.82) is 5.26 Å². The molecule has 0 bridgehead atoms. The van der Waals surface area contributed by atoms with Gasteiger partial charge in [-0.1, -0.05) is 30.0 Å². The van der Waals surface area contributed by atoms with Crippen LogP contribution in [0, 0.1) is 11.3 Å². The molecular formula is C23H21N5OS3. The Bertz CT molecular complexity index is 1340. The number of thiophene rings is 2. The van der Waals surface area contributed by atoms with E-state index in [-0.39, 0.29) is 11.7 Å². The topological polar surface area (TPSA) is 83.6 Å². The van der Waals surface area contributed by atoms with Crippen LogP contribution in [0.4, 0.5) is 5.00 Å². The first kappa shape index (κ1) is 21.2. The molecule has 0 radical (unpaired) electrons. The van der Waals surface area contributed by atoms with Crippen molar-refractivity contribution in [3.63, 3.8) is 0 Å². The Labute approximate surface area is 198 Å². The number of nitriles is 1. The molecule has 6 nitrogen and oxygen atoms in total. The van der Waals surface area contributed by atoms with E-state index in [9.17, 15) is 10.1 Å². The van der Waals surface area contributed by atoms with Gasteiger partial charge < -0.3 is 9.88 Å². The number of amides is 1. The second kappa shape index (κ2) is 9.06. The van der Waals surface area contributed by atoms with Gasteiger partial charge in [0.1, 0.15) is 11.1 Å². The number of anilines is 1. The maximum Gasteiger partial charge on any atom is 0.235 e. The molecule has 0 aliphatic heterocycles. The predicted molar refractivity (Wildman–Crippen MR) is 132 cm³/mol. The second-order valence-corrected chi connectivity index (χ2v) is 10.5. The first-order valence-corrected chi connectivity index (χ1v) is 13.2. The molecular weight excluding hydrogens is 458 g/mol. The van der Waals surface area contributed by atoms with Crippen molar-refractivity contribution in [1.82, 2.24) is 14.8 Å². The molecule has 0 atom stereocenters. The first-order valence-electron chi connectivity index (χ1n) is 10.6. The summed E-state index contributed by atoms with van der Waals surface area (Å²) in [5.41, 5.74) is 2.84. The van der Waals surface area contributed by atoms with Gasteiger partial charge in [0.2, 0.25) is 5.91 Å². The molecule has 0 saturated carbocycles. The largest absolute Gasteiger partial charge is 0.316 e.